The van der Waals surface area contributed by atoms with Gasteiger partial charge in [0.25, 0.3) is 5.69 Å². The van der Waals surface area contributed by atoms with Gasteiger partial charge in [-0.05, 0) is 47.9 Å². The predicted octanol–water partition coefficient (Wildman–Crippen LogP) is 4.82. The number of carbonyl (C=O) groups is 2. The topological polar surface area (TPSA) is 101 Å². The number of non-ortho nitro benzene ring substituents is 1. The first kappa shape index (κ1) is 21.4. The van der Waals surface area contributed by atoms with Gasteiger partial charge in [-0.25, -0.2) is 0 Å². The Balaban J connectivity index is 1.49. The van der Waals surface area contributed by atoms with Gasteiger partial charge in [-0.3, -0.25) is 19.7 Å². The van der Waals surface area contributed by atoms with Crippen LogP contribution in [0.1, 0.15) is 17.5 Å². The average Bonchev–Trinajstić information content (AvgIpc) is 2.78. The first-order valence-corrected chi connectivity index (χ1v) is 9.67. The third-order valence-corrected chi connectivity index (χ3v) is 4.43. The number of anilines is 2. The van der Waals surface area contributed by atoms with Gasteiger partial charge in [0, 0.05) is 36.0 Å². The minimum atomic E-state index is -0.487. The largest absolute Gasteiger partial charge is 0.326 e. The van der Waals surface area contributed by atoms with Crippen molar-refractivity contribution < 1.29 is 14.5 Å². The van der Waals surface area contributed by atoms with Gasteiger partial charge in [-0.1, -0.05) is 42.5 Å². The Morgan fingerprint density at radius 1 is 0.871 bits per heavy atom. The highest BCUT2D eigenvalue weighted by molar-refractivity contribution is 6.02. The summed E-state index contributed by atoms with van der Waals surface area (Å²) in [6.07, 6.45) is 3.85. The molecule has 156 valence electrons. The minimum absolute atomic E-state index is 0.0380. The summed E-state index contributed by atoms with van der Waals surface area (Å²) >= 11 is 0. The number of hydrogen-bond donors (Lipinski definition) is 2. The fourth-order valence-electron chi connectivity index (χ4n) is 2.86. The van der Waals surface area contributed by atoms with E-state index in [1.807, 2.05) is 30.3 Å². The molecule has 3 aromatic carbocycles. The van der Waals surface area contributed by atoms with Gasteiger partial charge in [-0.15, -0.1) is 0 Å². The molecule has 0 unspecified atom stereocenters. The molecule has 0 aliphatic rings. The molecule has 0 bridgehead atoms. The Morgan fingerprint density at radius 3 is 2.23 bits per heavy atom. The normalized spacial score (nSPS) is 10.6. The molecule has 2 amide bonds. The van der Waals surface area contributed by atoms with Gasteiger partial charge < -0.3 is 10.6 Å². The Morgan fingerprint density at radius 2 is 1.55 bits per heavy atom. The van der Waals surface area contributed by atoms with E-state index in [1.54, 1.807) is 36.4 Å². The standard InChI is InChI=1S/C24H21N3O4/c28-23(15-9-18-5-2-1-3-6-18)25-20-11-13-21(14-12-20)26-24(29)16-10-19-7-4-8-22(17-19)27(30)31/h1-8,10-14,16-17H,9,15H2,(H,25,28)(H,26,29)/b16-10+. The van der Waals surface area contributed by atoms with Crippen molar-refractivity contribution in [3.05, 3.63) is 106 Å². The summed E-state index contributed by atoms with van der Waals surface area (Å²) in [4.78, 5) is 34.5. The quantitative estimate of drug-likeness (QED) is 0.313. The molecular weight excluding hydrogens is 394 g/mol. The summed E-state index contributed by atoms with van der Waals surface area (Å²) in [5, 5.41) is 16.3. The number of hydrogen-bond acceptors (Lipinski definition) is 4. The number of nitro benzene ring substituents is 1. The van der Waals surface area contributed by atoms with Crippen LogP contribution in [0, 0.1) is 10.1 Å². The lowest BCUT2D eigenvalue weighted by molar-refractivity contribution is -0.384. The van der Waals surface area contributed by atoms with Crippen molar-refractivity contribution in [3.63, 3.8) is 0 Å². The van der Waals surface area contributed by atoms with E-state index in [-0.39, 0.29) is 17.5 Å². The number of nitrogens with zero attached hydrogens (tertiary/aromatic N) is 1. The average molecular weight is 415 g/mol. The Bertz CT molecular complexity index is 1090. The van der Waals surface area contributed by atoms with Gasteiger partial charge in [0.1, 0.15) is 0 Å². The number of aryl methyl sites for hydroxylation is 1. The molecule has 0 aliphatic heterocycles. The molecule has 0 saturated heterocycles. The van der Waals surface area contributed by atoms with Crippen LogP contribution in [0.5, 0.6) is 0 Å². The van der Waals surface area contributed by atoms with E-state index in [4.69, 9.17) is 0 Å². The van der Waals surface area contributed by atoms with Crippen molar-refractivity contribution in [3.8, 4) is 0 Å². The summed E-state index contributed by atoms with van der Waals surface area (Å²) < 4.78 is 0. The first-order valence-electron chi connectivity index (χ1n) is 9.67. The summed E-state index contributed by atoms with van der Waals surface area (Å²) in [6, 6.07) is 22.6. The number of rotatable bonds is 8. The van der Waals surface area contributed by atoms with Crippen LogP contribution < -0.4 is 10.6 Å². The number of benzene rings is 3. The van der Waals surface area contributed by atoms with Crippen molar-refractivity contribution in [2.75, 3.05) is 10.6 Å². The molecule has 3 aromatic rings. The van der Waals surface area contributed by atoms with E-state index < -0.39 is 4.92 Å². The summed E-state index contributed by atoms with van der Waals surface area (Å²) in [5.74, 6) is -0.452. The minimum Gasteiger partial charge on any atom is -0.326 e. The monoisotopic (exact) mass is 415 g/mol. The highest BCUT2D eigenvalue weighted by Crippen LogP contribution is 2.16. The van der Waals surface area contributed by atoms with Crippen LogP contribution in [-0.2, 0) is 16.0 Å². The smallest absolute Gasteiger partial charge is 0.270 e. The molecule has 2 N–H and O–H groups in total. The summed E-state index contributed by atoms with van der Waals surface area (Å²) in [7, 11) is 0. The van der Waals surface area contributed by atoms with E-state index in [1.165, 1.54) is 24.3 Å². The Labute approximate surface area is 179 Å². The summed E-state index contributed by atoms with van der Waals surface area (Å²) in [5.41, 5.74) is 2.83. The molecule has 0 atom stereocenters. The predicted molar refractivity (Wildman–Crippen MR) is 121 cm³/mol. The zero-order valence-corrected chi connectivity index (χ0v) is 16.7. The fraction of sp³-hybridized carbons (Fsp3) is 0.0833. The highest BCUT2D eigenvalue weighted by Gasteiger charge is 2.06. The molecule has 0 radical (unpaired) electrons. The zero-order valence-electron chi connectivity index (χ0n) is 16.7. The molecule has 0 saturated carbocycles. The molecule has 31 heavy (non-hydrogen) atoms. The molecule has 7 heteroatoms. The van der Waals surface area contributed by atoms with Gasteiger partial charge in [0.15, 0.2) is 0 Å². The second kappa shape index (κ2) is 10.5. The maximum Gasteiger partial charge on any atom is 0.270 e. The second-order valence-electron chi connectivity index (χ2n) is 6.79. The van der Waals surface area contributed by atoms with Crippen molar-refractivity contribution in [1.29, 1.82) is 0 Å². The van der Waals surface area contributed by atoms with Crippen molar-refractivity contribution in [2.45, 2.75) is 12.8 Å². The molecule has 0 heterocycles. The molecule has 0 spiro atoms. The van der Waals surface area contributed by atoms with E-state index in [2.05, 4.69) is 10.6 Å². The lowest BCUT2D eigenvalue weighted by atomic mass is 10.1. The third-order valence-electron chi connectivity index (χ3n) is 4.43. The summed E-state index contributed by atoms with van der Waals surface area (Å²) in [6.45, 7) is 0. The van der Waals surface area contributed by atoms with E-state index in [9.17, 15) is 19.7 Å². The number of nitro groups is 1. The van der Waals surface area contributed by atoms with Crippen LogP contribution in [0.3, 0.4) is 0 Å². The molecule has 0 aromatic heterocycles. The lowest BCUT2D eigenvalue weighted by Gasteiger charge is -2.07. The first-order chi connectivity index (χ1) is 15.0. The van der Waals surface area contributed by atoms with Gasteiger partial charge >= 0.3 is 0 Å². The van der Waals surface area contributed by atoms with Crippen LogP contribution in [-0.4, -0.2) is 16.7 Å². The van der Waals surface area contributed by atoms with E-state index in [0.717, 1.165) is 5.56 Å². The van der Waals surface area contributed by atoms with Crippen LogP contribution in [0.4, 0.5) is 17.1 Å². The van der Waals surface area contributed by atoms with Crippen LogP contribution in [0.25, 0.3) is 6.08 Å². The maximum absolute atomic E-state index is 12.1. The van der Waals surface area contributed by atoms with Crippen molar-refractivity contribution >= 4 is 35.0 Å². The van der Waals surface area contributed by atoms with Crippen LogP contribution in [0.2, 0.25) is 0 Å². The third kappa shape index (κ3) is 6.93. The van der Waals surface area contributed by atoms with Gasteiger partial charge in [0.05, 0.1) is 4.92 Å². The molecule has 3 rings (SSSR count). The van der Waals surface area contributed by atoms with E-state index in [0.29, 0.717) is 29.8 Å². The van der Waals surface area contributed by atoms with Gasteiger partial charge in [0.2, 0.25) is 11.8 Å². The lowest BCUT2D eigenvalue weighted by Crippen LogP contribution is -2.12. The second-order valence-corrected chi connectivity index (χ2v) is 6.79. The molecular formula is C24H21N3O4. The molecule has 0 aliphatic carbocycles. The van der Waals surface area contributed by atoms with Crippen molar-refractivity contribution in [1.82, 2.24) is 0 Å². The molecule has 0 fully saturated rings. The maximum atomic E-state index is 12.1. The van der Waals surface area contributed by atoms with Crippen LogP contribution in [0.15, 0.2) is 84.9 Å². The van der Waals surface area contributed by atoms with Crippen LogP contribution >= 0.6 is 0 Å². The van der Waals surface area contributed by atoms with Gasteiger partial charge in [-0.2, -0.15) is 0 Å². The highest BCUT2D eigenvalue weighted by atomic mass is 16.6. The Kier molecular flexibility index (Phi) is 7.26. The number of carbonyl (C=O) groups excluding carboxylic acids is 2. The SMILES string of the molecule is O=C(/C=C/c1cccc([N+](=O)[O-])c1)Nc1ccc(NC(=O)CCc2ccccc2)cc1. The number of amides is 2. The van der Waals surface area contributed by atoms with Crippen molar-refractivity contribution in [2.24, 2.45) is 0 Å². The number of nitrogens with one attached hydrogen (secondary N) is 2. The zero-order chi connectivity index (χ0) is 22.1. The fourth-order valence-corrected chi connectivity index (χ4v) is 2.86. The molecule has 7 nitrogen and oxygen atoms in total. The van der Waals surface area contributed by atoms with E-state index >= 15 is 0 Å². The Hall–Kier alpha value is -4.26.